The Hall–Kier alpha value is -1.51. The van der Waals surface area contributed by atoms with Crippen LogP contribution in [0.2, 0.25) is 0 Å². The first kappa shape index (κ1) is 7.16. The lowest BCUT2D eigenvalue weighted by molar-refractivity contribution is 0.324. The molecular formula is C9H9NO2. The summed E-state index contributed by atoms with van der Waals surface area (Å²) in [6, 6.07) is 5.55. The fourth-order valence-electron chi connectivity index (χ4n) is 1.24. The van der Waals surface area contributed by atoms with Gasteiger partial charge in [-0.25, -0.2) is 0 Å². The van der Waals surface area contributed by atoms with Crippen molar-refractivity contribution in [2.24, 2.45) is 7.05 Å². The number of aryl methyl sites for hydroxylation is 2. The van der Waals surface area contributed by atoms with Gasteiger partial charge in [0.2, 0.25) is 0 Å². The highest BCUT2D eigenvalue weighted by atomic mass is 16.5. The van der Waals surface area contributed by atoms with Crippen molar-refractivity contribution in [3.05, 3.63) is 34.1 Å². The summed E-state index contributed by atoms with van der Waals surface area (Å²) in [6.45, 7) is 1.96. The molecule has 0 fully saturated rings. The Kier molecular flexibility index (Phi) is 1.33. The first-order chi connectivity index (χ1) is 5.68. The number of hydrogen-bond donors (Lipinski definition) is 0. The van der Waals surface area contributed by atoms with Crippen molar-refractivity contribution in [1.82, 2.24) is 4.74 Å². The van der Waals surface area contributed by atoms with Crippen molar-refractivity contribution in [3.8, 4) is 0 Å². The fraction of sp³-hybridized carbons (Fsp3) is 0.222. The van der Waals surface area contributed by atoms with Gasteiger partial charge >= 0.3 is 0 Å². The largest absolute Gasteiger partial charge is 0.376 e. The molecule has 0 amide bonds. The van der Waals surface area contributed by atoms with E-state index in [0.29, 0.717) is 11.0 Å². The molecule has 0 radical (unpaired) electrons. The van der Waals surface area contributed by atoms with E-state index in [2.05, 4.69) is 0 Å². The molecule has 0 saturated carbocycles. The number of nitrogens with zero attached hydrogens (tertiary/aromatic N) is 1. The molecule has 1 aromatic carbocycles. The van der Waals surface area contributed by atoms with Crippen LogP contribution in [0, 0.1) is 6.92 Å². The zero-order valence-corrected chi connectivity index (χ0v) is 7.00. The molecule has 3 nitrogen and oxygen atoms in total. The van der Waals surface area contributed by atoms with Gasteiger partial charge in [0.15, 0.2) is 5.58 Å². The van der Waals surface area contributed by atoms with Crippen molar-refractivity contribution in [3.63, 3.8) is 0 Å². The molecule has 3 heteroatoms. The molecule has 0 unspecified atom stereocenters. The van der Waals surface area contributed by atoms with Gasteiger partial charge in [0, 0.05) is 7.05 Å². The van der Waals surface area contributed by atoms with E-state index in [4.69, 9.17) is 4.52 Å². The summed E-state index contributed by atoms with van der Waals surface area (Å²) >= 11 is 0. The number of fused-ring (bicyclic) bond motifs is 1. The number of aromatic nitrogens is 1. The molecule has 1 heterocycles. The second kappa shape index (κ2) is 2.24. The summed E-state index contributed by atoms with van der Waals surface area (Å²) < 4.78 is 6.42. The second-order valence-electron chi connectivity index (χ2n) is 2.89. The van der Waals surface area contributed by atoms with Crippen LogP contribution in [0.3, 0.4) is 0 Å². The molecule has 12 heavy (non-hydrogen) atoms. The standard InChI is InChI=1S/C9H9NO2/c1-6-3-4-7-8(5-6)12-10(2)9(7)11/h3-5H,1-2H3. The lowest BCUT2D eigenvalue weighted by atomic mass is 10.2. The number of rotatable bonds is 0. The first-order valence-corrected chi connectivity index (χ1v) is 3.75. The maximum absolute atomic E-state index is 11.3. The van der Waals surface area contributed by atoms with Crippen molar-refractivity contribution in [2.45, 2.75) is 6.92 Å². The Morgan fingerprint density at radius 3 is 2.92 bits per heavy atom. The van der Waals surface area contributed by atoms with E-state index in [0.717, 1.165) is 5.56 Å². The quantitative estimate of drug-likeness (QED) is 0.589. The minimum absolute atomic E-state index is 0.0787. The SMILES string of the molecule is Cc1ccc2c(=O)n(C)oc2c1. The van der Waals surface area contributed by atoms with Crippen LogP contribution in [-0.4, -0.2) is 4.74 Å². The van der Waals surface area contributed by atoms with E-state index >= 15 is 0 Å². The molecular weight excluding hydrogens is 154 g/mol. The molecule has 2 aromatic rings. The lowest BCUT2D eigenvalue weighted by Gasteiger charge is -1.87. The highest BCUT2D eigenvalue weighted by molar-refractivity contribution is 5.76. The highest BCUT2D eigenvalue weighted by Crippen LogP contribution is 2.11. The molecule has 0 spiro atoms. The van der Waals surface area contributed by atoms with E-state index in [1.165, 1.54) is 4.74 Å². The Morgan fingerprint density at radius 1 is 1.42 bits per heavy atom. The van der Waals surface area contributed by atoms with Gasteiger partial charge in [0.05, 0.1) is 5.39 Å². The van der Waals surface area contributed by atoms with Gasteiger partial charge in [-0.1, -0.05) is 6.07 Å². The van der Waals surface area contributed by atoms with Crippen LogP contribution in [0.4, 0.5) is 0 Å². The molecule has 0 saturated heterocycles. The molecule has 0 N–H and O–H groups in total. The molecule has 0 atom stereocenters. The highest BCUT2D eigenvalue weighted by Gasteiger charge is 2.04. The molecule has 0 aliphatic heterocycles. The van der Waals surface area contributed by atoms with E-state index in [-0.39, 0.29) is 5.56 Å². The summed E-state index contributed by atoms with van der Waals surface area (Å²) in [5.41, 5.74) is 1.67. The van der Waals surface area contributed by atoms with Gasteiger partial charge in [0.25, 0.3) is 5.56 Å². The smallest absolute Gasteiger partial charge is 0.290 e. The maximum atomic E-state index is 11.3. The third kappa shape index (κ3) is 0.863. The predicted molar refractivity (Wildman–Crippen MR) is 46.2 cm³/mol. The Bertz CT molecular complexity index is 479. The predicted octanol–water partition coefficient (Wildman–Crippen LogP) is 1.44. The van der Waals surface area contributed by atoms with Crippen molar-refractivity contribution < 1.29 is 4.52 Å². The summed E-state index contributed by atoms with van der Waals surface area (Å²) in [5.74, 6) is 0. The normalized spacial score (nSPS) is 10.8. The third-order valence-corrected chi connectivity index (χ3v) is 1.89. The zero-order valence-electron chi connectivity index (χ0n) is 7.00. The van der Waals surface area contributed by atoms with E-state index in [1.807, 2.05) is 19.1 Å². The van der Waals surface area contributed by atoms with Crippen molar-refractivity contribution in [1.29, 1.82) is 0 Å². The molecule has 62 valence electrons. The molecule has 1 aromatic heterocycles. The van der Waals surface area contributed by atoms with Crippen molar-refractivity contribution >= 4 is 11.0 Å². The van der Waals surface area contributed by atoms with Crippen LogP contribution in [0.5, 0.6) is 0 Å². The summed E-state index contributed by atoms with van der Waals surface area (Å²) in [4.78, 5) is 11.3. The molecule has 0 bridgehead atoms. The maximum Gasteiger partial charge on any atom is 0.290 e. The molecule has 0 aliphatic rings. The van der Waals surface area contributed by atoms with Crippen LogP contribution in [-0.2, 0) is 7.05 Å². The number of benzene rings is 1. The van der Waals surface area contributed by atoms with Gasteiger partial charge < -0.3 is 4.52 Å². The fourth-order valence-corrected chi connectivity index (χ4v) is 1.24. The van der Waals surface area contributed by atoms with E-state index < -0.39 is 0 Å². The van der Waals surface area contributed by atoms with Gasteiger partial charge in [-0.2, -0.15) is 4.74 Å². The minimum atomic E-state index is -0.0787. The monoisotopic (exact) mass is 163 g/mol. The van der Waals surface area contributed by atoms with Crippen LogP contribution >= 0.6 is 0 Å². The Balaban J connectivity index is 2.97. The van der Waals surface area contributed by atoms with Gasteiger partial charge in [-0.05, 0) is 24.6 Å². The van der Waals surface area contributed by atoms with E-state index in [1.54, 1.807) is 13.1 Å². The van der Waals surface area contributed by atoms with Crippen LogP contribution in [0.25, 0.3) is 11.0 Å². The zero-order chi connectivity index (χ0) is 8.72. The van der Waals surface area contributed by atoms with Gasteiger partial charge in [-0.15, -0.1) is 0 Å². The van der Waals surface area contributed by atoms with Crippen molar-refractivity contribution in [2.75, 3.05) is 0 Å². The topological polar surface area (TPSA) is 35.1 Å². The molecule has 2 rings (SSSR count). The second-order valence-corrected chi connectivity index (χ2v) is 2.89. The third-order valence-electron chi connectivity index (χ3n) is 1.89. The first-order valence-electron chi connectivity index (χ1n) is 3.75. The van der Waals surface area contributed by atoms with Crippen LogP contribution < -0.4 is 5.56 Å². The van der Waals surface area contributed by atoms with Gasteiger partial charge in [-0.3, -0.25) is 4.79 Å². The van der Waals surface area contributed by atoms with Crippen LogP contribution in [0.1, 0.15) is 5.56 Å². The Morgan fingerprint density at radius 2 is 2.17 bits per heavy atom. The van der Waals surface area contributed by atoms with E-state index in [9.17, 15) is 4.79 Å². The minimum Gasteiger partial charge on any atom is -0.376 e. The number of hydrogen-bond acceptors (Lipinski definition) is 2. The summed E-state index contributed by atoms with van der Waals surface area (Å²) in [6.07, 6.45) is 0. The summed E-state index contributed by atoms with van der Waals surface area (Å²) in [5, 5.41) is 0.642. The van der Waals surface area contributed by atoms with Gasteiger partial charge in [0.1, 0.15) is 0 Å². The molecule has 0 aliphatic carbocycles. The van der Waals surface area contributed by atoms with Crippen LogP contribution in [0.15, 0.2) is 27.5 Å². The average molecular weight is 163 g/mol. The Labute approximate surface area is 69.2 Å². The average Bonchev–Trinajstić information content (AvgIpc) is 2.28. The lowest BCUT2D eigenvalue weighted by Crippen LogP contribution is -2.08. The summed E-state index contributed by atoms with van der Waals surface area (Å²) in [7, 11) is 1.61.